The molecule has 3 nitrogen and oxygen atoms in total. The van der Waals surface area contributed by atoms with Gasteiger partial charge in [0.15, 0.2) is 0 Å². The van der Waals surface area contributed by atoms with Gasteiger partial charge in [0, 0.05) is 12.3 Å². The Balaban J connectivity index is 2.93. The Labute approximate surface area is 71.4 Å². The van der Waals surface area contributed by atoms with Gasteiger partial charge in [-0.05, 0) is 6.07 Å². The van der Waals surface area contributed by atoms with Crippen LogP contribution in [0.15, 0.2) is 18.3 Å². The van der Waals surface area contributed by atoms with E-state index in [9.17, 15) is 4.79 Å². The van der Waals surface area contributed by atoms with Gasteiger partial charge in [-0.15, -0.1) is 0 Å². The fourth-order valence-electron chi connectivity index (χ4n) is 0.874. The summed E-state index contributed by atoms with van der Waals surface area (Å²) < 4.78 is 4.99. The van der Waals surface area contributed by atoms with Crippen molar-refractivity contribution in [3.8, 4) is 5.75 Å². The molecule has 64 valence electrons. The quantitative estimate of drug-likeness (QED) is 0.635. The van der Waals surface area contributed by atoms with Gasteiger partial charge in [-0.1, -0.05) is 6.92 Å². The summed E-state index contributed by atoms with van der Waals surface area (Å²) in [6.45, 7) is 1.80. The Bertz CT molecular complexity index is 273. The minimum absolute atomic E-state index is 0.167. The van der Waals surface area contributed by atoms with Crippen LogP contribution >= 0.6 is 0 Å². The second kappa shape index (κ2) is 3.85. The molecule has 12 heavy (non-hydrogen) atoms. The summed E-state index contributed by atoms with van der Waals surface area (Å²) >= 11 is 0. The summed E-state index contributed by atoms with van der Waals surface area (Å²) in [7, 11) is 1.59. The number of aromatic nitrogens is 1. The second-order valence-electron chi connectivity index (χ2n) is 2.55. The smallest absolute Gasteiger partial charge is 0.128 e. The number of carbonyl (C=O) groups is 1. The highest BCUT2D eigenvalue weighted by Gasteiger charge is 2.05. The van der Waals surface area contributed by atoms with Gasteiger partial charge in [-0.25, -0.2) is 0 Å². The van der Waals surface area contributed by atoms with Crippen LogP contribution in [0.2, 0.25) is 0 Å². The number of aldehydes is 1. The Morgan fingerprint density at radius 1 is 1.67 bits per heavy atom. The summed E-state index contributed by atoms with van der Waals surface area (Å²) in [6, 6.07) is 3.51. The molecule has 0 aliphatic rings. The maximum atomic E-state index is 10.4. The number of carbonyl (C=O) groups excluding carboxylic acids is 1. The van der Waals surface area contributed by atoms with Crippen LogP contribution in [0.3, 0.4) is 0 Å². The predicted octanol–water partition coefficient (Wildman–Crippen LogP) is 1.39. The van der Waals surface area contributed by atoms with Crippen LogP contribution in [0.4, 0.5) is 0 Å². The summed E-state index contributed by atoms with van der Waals surface area (Å²) in [5.41, 5.74) is 0.740. The van der Waals surface area contributed by atoms with Crippen LogP contribution < -0.4 is 4.74 Å². The molecule has 0 aromatic carbocycles. The van der Waals surface area contributed by atoms with E-state index < -0.39 is 0 Å². The lowest BCUT2D eigenvalue weighted by molar-refractivity contribution is -0.108. The molecule has 0 amide bonds. The van der Waals surface area contributed by atoms with E-state index >= 15 is 0 Å². The molecule has 1 atom stereocenters. The van der Waals surface area contributed by atoms with Gasteiger partial charge in [-0.2, -0.15) is 0 Å². The molecule has 0 bridgehead atoms. The average molecular weight is 165 g/mol. The SMILES string of the molecule is COc1ccnc(C(C)C=O)c1. The molecule has 1 aromatic heterocycles. The Hall–Kier alpha value is -1.38. The van der Waals surface area contributed by atoms with Gasteiger partial charge >= 0.3 is 0 Å². The van der Waals surface area contributed by atoms with E-state index in [4.69, 9.17) is 4.74 Å². The first kappa shape index (κ1) is 8.71. The van der Waals surface area contributed by atoms with Crippen molar-refractivity contribution in [1.29, 1.82) is 0 Å². The summed E-state index contributed by atoms with van der Waals surface area (Å²) in [5, 5.41) is 0. The van der Waals surface area contributed by atoms with Gasteiger partial charge in [-0.3, -0.25) is 4.98 Å². The van der Waals surface area contributed by atoms with E-state index in [1.165, 1.54) is 0 Å². The minimum Gasteiger partial charge on any atom is -0.497 e. The number of nitrogens with zero attached hydrogens (tertiary/aromatic N) is 1. The van der Waals surface area contributed by atoms with Crippen molar-refractivity contribution < 1.29 is 9.53 Å². The Kier molecular flexibility index (Phi) is 2.80. The first-order valence-electron chi connectivity index (χ1n) is 3.73. The normalized spacial score (nSPS) is 12.2. The van der Waals surface area contributed by atoms with Crippen molar-refractivity contribution in [2.75, 3.05) is 7.11 Å². The number of hydrogen-bond donors (Lipinski definition) is 0. The van der Waals surface area contributed by atoms with E-state index in [1.54, 1.807) is 32.4 Å². The van der Waals surface area contributed by atoms with Gasteiger partial charge in [0.1, 0.15) is 12.0 Å². The van der Waals surface area contributed by atoms with Crippen molar-refractivity contribution in [3.05, 3.63) is 24.0 Å². The van der Waals surface area contributed by atoms with E-state index in [0.29, 0.717) is 0 Å². The third-order valence-electron chi connectivity index (χ3n) is 1.66. The number of methoxy groups -OCH3 is 1. The van der Waals surface area contributed by atoms with Crippen LogP contribution in [-0.4, -0.2) is 18.4 Å². The van der Waals surface area contributed by atoms with E-state index in [-0.39, 0.29) is 5.92 Å². The van der Waals surface area contributed by atoms with Crippen LogP contribution in [-0.2, 0) is 4.79 Å². The topological polar surface area (TPSA) is 39.2 Å². The molecule has 1 aromatic rings. The molecule has 1 rings (SSSR count). The van der Waals surface area contributed by atoms with Crippen LogP contribution in [0.1, 0.15) is 18.5 Å². The molecule has 0 saturated carbocycles. The lowest BCUT2D eigenvalue weighted by Gasteiger charge is -2.04. The predicted molar refractivity (Wildman–Crippen MR) is 45.3 cm³/mol. The summed E-state index contributed by atoms with van der Waals surface area (Å²) in [5.74, 6) is 0.564. The molecule has 0 spiro atoms. The fourth-order valence-corrected chi connectivity index (χ4v) is 0.874. The zero-order valence-electron chi connectivity index (χ0n) is 7.15. The van der Waals surface area contributed by atoms with Crippen molar-refractivity contribution >= 4 is 6.29 Å². The fraction of sp³-hybridized carbons (Fsp3) is 0.333. The third-order valence-corrected chi connectivity index (χ3v) is 1.66. The monoisotopic (exact) mass is 165 g/mol. The summed E-state index contributed by atoms with van der Waals surface area (Å²) in [4.78, 5) is 14.5. The van der Waals surface area contributed by atoms with Crippen LogP contribution in [0.5, 0.6) is 5.75 Å². The van der Waals surface area contributed by atoms with E-state index in [2.05, 4.69) is 4.98 Å². The van der Waals surface area contributed by atoms with Crippen LogP contribution in [0.25, 0.3) is 0 Å². The highest BCUT2D eigenvalue weighted by molar-refractivity contribution is 5.60. The largest absolute Gasteiger partial charge is 0.497 e. The van der Waals surface area contributed by atoms with Gasteiger partial charge in [0.2, 0.25) is 0 Å². The second-order valence-corrected chi connectivity index (χ2v) is 2.55. The van der Waals surface area contributed by atoms with Gasteiger partial charge in [0.05, 0.1) is 18.7 Å². The first-order valence-corrected chi connectivity index (χ1v) is 3.73. The van der Waals surface area contributed by atoms with E-state index in [1.807, 2.05) is 0 Å². The maximum Gasteiger partial charge on any atom is 0.128 e. The minimum atomic E-state index is -0.167. The zero-order chi connectivity index (χ0) is 8.97. The third kappa shape index (κ3) is 1.81. The molecule has 3 heteroatoms. The maximum absolute atomic E-state index is 10.4. The highest BCUT2D eigenvalue weighted by atomic mass is 16.5. The molecule has 0 saturated heterocycles. The lowest BCUT2D eigenvalue weighted by Crippen LogP contribution is -1.98. The van der Waals surface area contributed by atoms with Gasteiger partial charge in [0.25, 0.3) is 0 Å². The molecule has 1 heterocycles. The van der Waals surface area contributed by atoms with Crippen molar-refractivity contribution in [1.82, 2.24) is 4.98 Å². The highest BCUT2D eigenvalue weighted by Crippen LogP contribution is 2.15. The van der Waals surface area contributed by atoms with Gasteiger partial charge < -0.3 is 9.53 Å². The van der Waals surface area contributed by atoms with E-state index in [0.717, 1.165) is 17.7 Å². The standard InChI is InChI=1S/C9H11NO2/c1-7(6-11)9-5-8(12-2)3-4-10-9/h3-7H,1-2H3. The number of rotatable bonds is 3. The number of pyridine rings is 1. The molecule has 0 aliphatic heterocycles. The molecule has 0 aliphatic carbocycles. The number of ether oxygens (including phenoxy) is 1. The molecular formula is C9H11NO2. The molecular weight excluding hydrogens is 154 g/mol. The Morgan fingerprint density at radius 2 is 2.42 bits per heavy atom. The molecule has 0 radical (unpaired) electrons. The molecule has 0 N–H and O–H groups in total. The van der Waals surface area contributed by atoms with Crippen molar-refractivity contribution in [3.63, 3.8) is 0 Å². The molecule has 0 fully saturated rings. The van der Waals surface area contributed by atoms with Crippen molar-refractivity contribution in [2.45, 2.75) is 12.8 Å². The summed E-state index contributed by atoms with van der Waals surface area (Å²) in [6.07, 6.45) is 2.50. The van der Waals surface area contributed by atoms with Crippen LogP contribution in [0, 0.1) is 0 Å². The lowest BCUT2D eigenvalue weighted by atomic mass is 10.1. The first-order chi connectivity index (χ1) is 5.77. The molecule has 1 unspecified atom stereocenters. The van der Waals surface area contributed by atoms with Crippen molar-refractivity contribution in [2.24, 2.45) is 0 Å². The number of hydrogen-bond acceptors (Lipinski definition) is 3. The zero-order valence-corrected chi connectivity index (χ0v) is 7.15. The average Bonchev–Trinajstić information content (AvgIpc) is 2.17. The Morgan fingerprint density at radius 3 is 3.00 bits per heavy atom.